The summed E-state index contributed by atoms with van der Waals surface area (Å²) in [4.78, 5) is 0. The van der Waals surface area contributed by atoms with Gasteiger partial charge in [-0.1, -0.05) is 0 Å². The normalized spacial score (nSPS) is 28.7. The fourth-order valence-corrected chi connectivity index (χ4v) is 2.46. The van der Waals surface area contributed by atoms with E-state index >= 15 is 0 Å². The van der Waals surface area contributed by atoms with Crippen LogP contribution in [-0.4, -0.2) is 31.5 Å². The first-order chi connectivity index (χ1) is 6.78. The maximum absolute atomic E-state index is 6.29. The minimum absolute atomic E-state index is 0.0752. The summed E-state index contributed by atoms with van der Waals surface area (Å²) in [5, 5.41) is 0. The third kappa shape index (κ3) is 1.95. The van der Waals surface area contributed by atoms with Gasteiger partial charge in [0.25, 0.3) is 0 Å². The Morgan fingerprint density at radius 1 is 1.43 bits per heavy atom. The highest BCUT2D eigenvalue weighted by molar-refractivity contribution is 5.00. The van der Waals surface area contributed by atoms with Crippen molar-refractivity contribution in [3.05, 3.63) is 0 Å². The van der Waals surface area contributed by atoms with E-state index in [-0.39, 0.29) is 11.6 Å². The minimum atomic E-state index is -0.0752. The lowest BCUT2D eigenvalue weighted by molar-refractivity contribution is -0.123. The second-order valence-corrected chi connectivity index (χ2v) is 4.47. The number of hydrogen-bond acceptors (Lipinski definition) is 3. The Kier molecular flexibility index (Phi) is 3.10. The summed E-state index contributed by atoms with van der Waals surface area (Å²) in [5.74, 6) is 0.708. The summed E-state index contributed by atoms with van der Waals surface area (Å²) in [7, 11) is 0. The monoisotopic (exact) mass is 199 g/mol. The van der Waals surface area contributed by atoms with Gasteiger partial charge in [-0.25, -0.2) is 0 Å². The summed E-state index contributed by atoms with van der Waals surface area (Å²) >= 11 is 0. The van der Waals surface area contributed by atoms with E-state index in [0.29, 0.717) is 5.92 Å². The van der Waals surface area contributed by atoms with Crippen molar-refractivity contribution in [1.29, 1.82) is 0 Å². The Hall–Kier alpha value is -0.120. The van der Waals surface area contributed by atoms with Crippen LogP contribution in [0.5, 0.6) is 0 Å². The SMILES string of the molecule is CCOC1(C(N)C2CC2)CCOCC1. The lowest BCUT2D eigenvalue weighted by Gasteiger charge is -2.41. The topological polar surface area (TPSA) is 44.5 Å². The van der Waals surface area contributed by atoms with E-state index in [1.54, 1.807) is 0 Å². The highest BCUT2D eigenvalue weighted by Gasteiger charge is 2.46. The lowest BCUT2D eigenvalue weighted by Crippen LogP contribution is -2.54. The van der Waals surface area contributed by atoms with Crippen LogP contribution < -0.4 is 5.73 Å². The molecular weight excluding hydrogens is 178 g/mol. The third-order valence-electron chi connectivity index (χ3n) is 3.51. The molecule has 1 atom stereocenters. The highest BCUT2D eigenvalue weighted by Crippen LogP contribution is 2.41. The zero-order valence-corrected chi connectivity index (χ0v) is 9.00. The van der Waals surface area contributed by atoms with Crippen molar-refractivity contribution in [2.75, 3.05) is 19.8 Å². The molecular formula is C11H21NO2. The van der Waals surface area contributed by atoms with E-state index in [0.717, 1.165) is 32.7 Å². The van der Waals surface area contributed by atoms with Crippen molar-refractivity contribution in [2.45, 2.75) is 44.2 Å². The molecule has 1 saturated carbocycles. The fourth-order valence-electron chi connectivity index (χ4n) is 2.46. The van der Waals surface area contributed by atoms with Crippen LogP contribution in [0.3, 0.4) is 0 Å². The number of rotatable bonds is 4. The molecule has 14 heavy (non-hydrogen) atoms. The number of nitrogens with two attached hydrogens (primary N) is 1. The first-order valence-corrected chi connectivity index (χ1v) is 5.76. The summed E-state index contributed by atoms with van der Waals surface area (Å²) in [6, 6.07) is 0.228. The fraction of sp³-hybridized carbons (Fsp3) is 1.00. The Morgan fingerprint density at radius 3 is 2.57 bits per heavy atom. The molecule has 2 rings (SSSR count). The van der Waals surface area contributed by atoms with Gasteiger partial charge in [-0.15, -0.1) is 0 Å². The van der Waals surface area contributed by atoms with Crippen molar-refractivity contribution in [1.82, 2.24) is 0 Å². The zero-order valence-electron chi connectivity index (χ0n) is 9.00. The Bertz CT molecular complexity index is 180. The van der Waals surface area contributed by atoms with Crippen molar-refractivity contribution in [3.63, 3.8) is 0 Å². The van der Waals surface area contributed by atoms with Gasteiger partial charge in [0, 0.05) is 38.7 Å². The molecule has 1 unspecified atom stereocenters. The molecule has 1 aliphatic carbocycles. The molecule has 1 heterocycles. The highest BCUT2D eigenvalue weighted by atomic mass is 16.5. The van der Waals surface area contributed by atoms with Crippen LogP contribution in [0.25, 0.3) is 0 Å². The second-order valence-electron chi connectivity index (χ2n) is 4.47. The molecule has 2 aliphatic rings. The van der Waals surface area contributed by atoms with Crippen molar-refractivity contribution < 1.29 is 9.47 Å². The van der Waals surface area contributed by atoms with Gasteiger partial charge in [0.15, 0.2) is 0 Å². The van der Waals surface area contributed by atoms with Gasteiger partial charge < -0.3 is 15.2 Å². The minimum Gasteiger partial charge on any atom is -0.381 e. The Balaban J connectivity index is 2.02. The quantitative estimate of drug-likeness (QED) is 0.742. The average Bonchev–Trinajstić information content (AvgIpc) is 3.02. The summed E-state index contributed by atoms with van der Waals surface area (Å²) in [6.07, 6.45) is 4.52. The van der Waals surface area contributed by atoms with Crippen molar-refractivity contribution in [2.24, 2.45) is 11.7 Å². The van der Waals surface area contributed by atoms with Gasteiger partial charge in [0.2, 0.25) is 0 Å². The van der Waals surface area contributed by atoms with Crippen LogP contribution in [0.1, 0.15) is 32.6 Å². The summed E-state index contributed by atoms with van der Waals surface area (Å²) < 4.78 is 11.3. The lowest BCUT2D eigenvalue weighted by atomic mass is 9.84. The first-order valence-electron chi connectivity index (χ1n) is 5.76. The molecule has 0 amide bonds. The molecule has 0 radical (unpaired) electrons. The molecule has 3 heteroatoms. The van der Waals surface area contributed by atoms with E-state index in [2.05, 4.69) is 6.92 Å². The van der Waals surface area contributed by atoms with E-state index in [1.807, 2.05) is 0 Å². The van der Waals surface area contributed by atoms with Gasteiger partial charge in [-0.2, -0.15) is 0 Å². The van der Waals surface area contributed by atoms with Gasteiger partial charge in [0.05, 0.1) is 5.60 Å². The molecule has 1 aliphatic heterocycles. The predicted molar refractivity (Wildman–Crippen MR) is 55.1 cm³/mol. The summed E-state index contributed by atoms with van der Waals surface area (Å²) in [5.41, 5.74) is 6.22. The summed E-state index contributed by atoms with van der Waals surface area (Å²) in [6.45, 7) is 4.43. The van der Waals surface area contributed by atoms with Crippen LogP contribution in [0.15, 0.2) is 0 Å². The molecule has 2 fully saturated rings. The molecule has 0 bridgehead atoms. The van der Waals surface area contributed by atoms with Crippen LogP contribution >= 0.6 is 0 Å². The zero-order chi connectivity index (χ0) is 10.0. The second kappa shape index (κ2) is 4.17. The molecule has 0 spiro atoms. The maximum Gasteiger partial charge on any atom is 0.0878 e. The number of hydrogen-bond donors (Lipinski definition) is 1. The molecule has 0 aromatic carbocycles. The van der Waals surface area contributed by atoms with Crippen molar-refractivity contribution in [3.8, 4) is 0 Å². The largest absolute Gasteiger partial charge is 0.381 e. The van der Waals surface area contributed by atoms with Gasteiger partial charge in [0.1, 0.15) is 0 Å². The van der Waals surface area contributed by atoms with Crippen LogP contribution in [0.2, 0.25) is 0 Å². The molecule has 1 saturated heterocycles. The molecule has 0 aromatic heterocycles. The van der Waals surface area contributed by atoms with E-state index in [4.69, 9.17) is 15.2 Å². The van der Waals surface area contributed by atoms with E-state index in [1.165, 1.54) is 12.8 Å². The Morgan fingerprint density at radius 2 is 2.07 bits per heavy atom. The van der Waals surface area contributed by atoms with Crippen LogP contribution in [0.4, 0.5) is 0 Å². The van der Waals surface area contributed by atoms with Crippen LogP contribution in [-0.2, 0) is 9.47 Å². The average molecular weight is 199 g/mol. The predicted octanol–water partition coefficient (Wildman–Crippen LogP) is 1.31. The molecule has 82 valence electrons. The standard InChI is InChI=1S/C11H21NO2/c1-2-14-11(5-7-13-8-6-11)10(12)9-3-4-9/h9-10H,2-8,12H2,1H3. The smallest absolute Gasteiger partial charge is 0.0878 e. The molecule has 3 nitrogen and oxygen atoms in total. The maximum atomic E-state index is 6.29. The van der Waals surface area contributed by atoms with Crippen molar-refractivity contribution >= 4 is 0 Å². The number of ether oxygens (including phenoxy) is 2. The van der Waals surface area contributed by atoms with Gasteiger partial charge in [-0.3, -0.25) is 0 Å². The van der Waals surface area contributed by atoms with Gasteiger partial charge >= 0.3 is 0 Å². The van der Waals surface area contributed by atoms with Gasteiger partial charge in [-0.05, 0) is 25.7 Å². The Labute approximate surface area is 85.9 Å². The molecule has 0 aromatic rings. The first kappa shape index (κ1) is 10.4. The van der Waals surface area contributed by atoms with E-state index < -0.39 is 0 Å². The van der Waals surface area contributed by atoms with Crippen LogP contribution in [0, 0.1) is 5.92 Å². The molecule has 2 N–H and O–H groups in total. The third-order valence-corrected chi connectivity index (χ3v) is 3.51. The van der Waals surface area contributed by atoms with E-state index in [9.17, 15) is 0 Å².